The van der Waals surface area contributed by atoms with E-state index in [9.17, 15) is 9.59 Å². The van der Waals surface area contributed by atoms with E-state index < -0.39 is 12.0 Å². The highest BCUT2D eigenvalue weighted by molar-refractivity contribution is 6.31. The monoisotopic (exact) mass is 409 g/mol. The molecule has 0 fully saturated rings. The van der Waals surface area contributed by atoms with Gasteiger partial charge in [0.25, 0.3) is 0 Å². The van der Waals surface area contributed by atoms with Gasteiger partial charge < -0.3 is 10.1 Å². The lowest BCUT2D eigenvalue weighted by molar-refractivity contribution is -0.131. The van der Waals surface area contributed by atoms with Crippen LogP contribution in [-0.2, 0) is 9.59 Å². The standard InChI is InChI=1S/C24H24ClNO3/c1-3-4-13-22(28)26-24(19-11-7-8-12-20(19)25)23-18-10-6-5-9-17(18)14-15-21(23)29-16(2)27/h5-12,14-15,24H,3-4,13H2,1-2H3,(H,26,28). The van der Waals surface area contributed by atoms with E-state index >= 15 is 0 Å². The molecule has 0 bridgehead atoms. The summed E-state index contributed by atoms with van der Waals surface area (Å²) in [5, 5.41) is 5.53. The number of carbonyl (C=O) groups is 2. The maximum Gasteiger partial charge on any atom is 0.308 e. The van der Waals surface area contributed by atoms with Crippen molar-refractivity contribution >= 4 is 34.2 Å². The van der Waals surface area contributed by atoms with Crippen molar-refractivity contribution in [3.05, 3.63) is 76.8 Å². The molecule has 0 aromatic heterocycles. The normalized spacial score (nSPS) is 11.8. The van der Waals surface area contributed by atoms with E-state index in [2.05, 4.69) is 5.32 Å². The minimum absolute atomic E-state index is 0.0709. The van der Waals surface area contributed by atoms with E-state index in [1.165, 1.54) is 6.92 Å². The second-order valence-electron chi connectivity index (χ2n) is 6.92. The number of amides is 1. The van der Waals surface area contributed by atoms with Gasteiger partial charge in [-0.2, -0.15) is 0 Å². The van der Waals surface area contributed by atoms with Crippen LogP contribution < -0.4 is 10.1 Å². The van der Waals surface area contributed by atoms with Gasteiger partial charge in [0.1, 0.15) is 5.75 Å². The van der Waals surface area contributed by atoms with Crippen molar-refractivity contribution in [2.45, 2.75) is 39.2 Å². The number of halogens is 1. The zero-order chi connectivity index (χ0) is 20.8. The van der Waals surface area contributed by atoms with Gasteiger partial charge in [-0.1, -0.05) is 73.5 Å². The average Bonchev–Trinajstić information content (AvgIpc) is 2.71. The molecule has 0 aliphatic carbocycles. The van der Waals surface area contributed by atoms with Crippen LogP contribution in [0.15, 0.2) is 60.7 Å². The third-order valence-corrected chi connectivity index (χ3v) is 5.10. The van der Waals surface area contributed by atoms with E-state index in [1.807, 2.05) is 55.5 Å². The van der Waals surface area contributed by atoms with Crippen molar-refractivity contribution < 1.29 is 14.3 Å². The Morgan fingerprint density at radius 2 is 1.76 bits per heavy atom. The highest BCUT2D eigenvalue weighted by Gasteiger charge is 2.25. The Hall–Kier alpha value is -2.85. The van der Waals surface area contributed by atoms with E-state index in [4.69, 9.17) is 16.3 Å². The van der Waals surface area contributed by atoms with Crippen molar-refractivity contribution in [3.8, 4) is 5.75 Å². The predicted octanol–water partition coefficient (Wildman–Crippen LogP) is 5.81. The van der Waals surface area contributed by atoms with Gasteiger partial charge >= 0.3 is 5.97 Å². The molecule has 1 atom stereocenters. The highest BCUT2D eigenvalue weighted by Crippen LogP contribution is 2.38. The molecular formula is C24H24ClNO3. The lowest BCUT2D eigenvalue weighted by Crippen LogP contribution is -2.30. The van der Waals surface area contributed by atoms with Gasteiger partial charge in [0.15, 0.2) is 0 Å². The first-order chi connectivity index (χ1) is 14.0. The molecule has 0 saturated heterocycles. The van der Waals surface area contributed by atoms with Crippen LogP contribution in [0.3, 0.4) is 0 Å². The lowest BCUT2D eigenvalue weighted by Gasteiger charge is -2.24. The van der Waals surface area contributed by atoms with Gasteiger partial charge in [-0.25, -0.2) is 0 Å². The Bertz CT molecular complexity index is 1030. The Kier molecular flexibility index (Phi) is 6.89. The highest BCUT2D eigenvalue weighted by atomic mass is 35.5. The largest absolute Gasteiger partial charge is 0.426 e. The van der Waals surface area contributed by atoms with Crippen LogP contribution in [0.4, 0.5) is 0 Å². The first kappa shape index (κ1) is 20.9. The number of nitrogens with one attached hydrogen (secondary N) is 1. The predicted molar refractivity (Wildman–Crippen MR) is 116 cm³/mol. The molecule has 0 spiro atoms. The van der Waals surface area contributed by atoms with E-state index in [0.717, 1.165) is 34.7 Å². The summed E-state index contributed by atoms with van der Waals surface area (Å²) < 4.78 is 5.53. The molecule has 1 amide bonds. The summed E-state index contributed by atoms with van der Waals surface area (Å²) in [5.74, 6) is -0.0767. The number of rotatable bonds is 7. The molecule has 150 valence electrons. The second-order valence-corrected chi connectivity index (χ2v) is 7.32. The molecule has 0 heterocycles. The third-order valence-electron chi connectivity index (χ3n) is 4.75. The molecular weight excluding hydrogens is 386 g/mol. The Morgan fingerprint density at radius 1 is 1.03 bits per heavy atom. The molecule has 3 aromatic rings. The zero-order valence-electron chi connectivity index (χ0n) is 16.6. The van der Waals surface area contributed by atoms with Crippen LogP contribution in [0.5, 0.6) is 5.75 Å². The third kappa shape index (κ3) is 4.96. The maximum atomic E-state index is 12.7. The number of esters is 1. The second kappa shape index (κ2) is 9.57. The van der Waals surface area contributed by atoms with Gasteiger partial charge in [0.05, 0.1) is 6.04 Å². The fourth-order valence-electron chi connectivity index (χ4n) is 3.40. The van der Waals surface area contributed by atoms with E-state index in [1.54, 1.807) is 12.1 Å². The first-order valence-corrected chi connectivity index (χ1v) is 10.1. The quantitative estimate of drug-likeness (QED) is 0.395. The average molecular weight is 410 g/mol. The van der Waals surface area contributed by atoms with Gasteiger partial charge in [-0.15, -0.1) is 0 Å². The van der Waals surface area contributed by atoms with Crippen LogP contribution in [0.2, 0.25) is 5.02 Å². The summed E-state index contributed by atoms with van der Waals surface area (Å²) in [4.78, 5) is 24.4. The summed E-state index contributed by atoms with van der Waals surface area (Å²) in [5.41, 5.74) is 1.47. The lowest BCUT2D eigenvalue weighted by atomic mass is 9.92. The van der Waals surface area contributed by atoms with Gasteiger partial charge in [0, 0.05) is 23.9 Å². The zero-order valence-corrected chi connectivity index (χ0v) is 17.3. The SMILES string of the molecule is CCCCC(=O)NC(c1ccccc1Cl)c1c(OC(C)=O)ccc2ccccc12. The van der Waals surface area contributed by atoms with Crippen molar-refractivity contribution in [2.24, 2.45) is 0 Å². The van der Waals surface area contributed by atoms with Gasteiger partial charge in [-0.3, -0.25) is 9.59 Å². The smallest absolute Gasteiger partial charge is 0.308 e. The minimum Gasteiger partial charge on any atom is -0.426 e. The Labute approximate surface area is 175 Å². The molecule has 0 aliphatic rings. The number of benzene rings is 3. The summed E-state index contributed by atoms with van der Waals surface area (Å²) in [6, 6.07) is 18.3. The fourth-order valence-corrected chi connectivity index (χ4v) is 3.65. The molecule has 0 aliphatic heterocycles. The molecule has 0 radical (unpaired) electrons. The first-order valence-electron chi connectivity index (χ1n) is 9.75. The molecule has 5 heteroatoms. The number of carbonyl (C=O) groups excluding carboxylic acids is 2. The summed E-state index contributed by atoms with van der Waals surface area (Å²) in [6.07, 6.45) is 2.15. The number of unbranched alkanes of at least 4 members (excludes halogenated alkanes) is 1. The topological polar surface area (TPSA) is 55.4 Å². The molecule has 29 heavy (non-hydrogen) atoms. The van der Waals surface area contributed by atoms with E-state index in [-0.39, 0.29) is 5.91 Å². The fraction of sp³-hybridized carbons (Fsp3) is 0.250. The number of hydrogen-bond acceptors (Lipinski definition) is 3. The molecule has 1 N–H and O–H groups in total. The minimum atomic E-state index is -0.548. The maximum absolute atomic E-state index is 12.7. The van der Waals surface area contributed by atoms with Crippen LogP contribution in [-0.4, -0.2) is 11.9 Å². The molecule has 4 nitrogen and oxygen atoms in total. The number of ether oxygens (including phenoxy) is 1. The summed E-state index contributed by atoms with van der Waals surface area (Å²) in [7, 11) is 0. The van der Waals surface area contributed by atoms with E-state index in [0.29, 0.717) is 17.2 Å². The van der Waals surface area contributed by atoms with Crippen molar-refractivity contribution in [1.29, 1.82) is 0 Å². The Balaban J connectivity index is 2.21. The van der Waals surface area contributed by atoms with Crippen LogP contribution in [0, 0.1) is 0 Å². The molecule has 3 aromatic carbocycles. The van der Waals surface area contributed by atoms with Crippen LogP contribution in [0.1, 0.15) is 50.3 Å². The summed E-state index contributed by atoms with van der Waals surface area (Å²) in [6.45, 7) is 3.41. The van der Waals surface area contributed by atoms with Gasteiger partial charge in [0.2, 0.25) is 5.91 Å². The van der Waals surface area contributed by atoms with Crippen molar-refractivity contribution in [1.82, 2.24) is 5.32 Å². The van der Waals surface area contributed by atoms with Crippen molar-refractivity contribution in [2.75, 3.05) is 0 Å². The van der Waals surface area contributed by atoms with Crippen molar-refractivity contribution in [3.63, 3.8) is 0 Å². The molecule has 1 unspecified atom stereocenters. The van der Waals surface area contributed by atoms with Crippen LogP contribution in [0.25, 0.3) is 10.8 Å². The molecule has 3 rings (SSSR count). The number of fused-ring (bicyclic) bond motifs is 1. The summed E-state index contributed by atoms with van der Waals surface area (Å²) >= 11 is 6.51. The van der Waals surface area contributed by atoms with Crippen LogP contribution >= 0.6 is 11.6 Å². The molecule has 0 saturated carbocycles. The van der Waals surface area contributed by atoms with Gasteiger partial charge in [-0.05, 0) is 34.9 Å². The number of hydrogen-bond donors (Lipinski definition) is 1. The Morgan fingerprint density at radius 3 is 2.48 bits per heavy atom.